The van der Waals surface area contributed by atoms with E-state index in [1.807, 2.05) is 10.9 Å². The lowest BCUT2D eigenvalue weighted by atomic mass is 9.62. The quantitative estimate of drug-likeness (QED) is 0.571. The summed E-state index contributed by atoms with van der Waals surface area (Å²) in [6.45, 7) is 6.78. The van der Waals surface area contributed by atoms with Crippen LogP contribution in [0.3, 0.4) is 0 Å². The van der Waals surface area contributed by atoms with Crippen LogP contribution in [0, 0.1) is 11.2 Å². The Hall–Kier alpha value is -1.98. The molecular formula is C26H33FN2O2. The summed E-state index contributed by atoms with van der Waals surface area (Å²) in [5, 5.41) is 4.66. The summed E-state index contributed by atoms with van der Waals surface area (Å²) >= 11 is 0. The lowest BCUT2D eigenvalue weighted by Gasteiger charge is -2.51. The van der Waals surface area contributed by atoms with Crippen LogP contribution in [0.2, 0.25) is 0 Å². The number of fused-ring (bicyclic) bond motifs is 3. The van der Waals surface area contributed by atoms with Gasteiger partial charge in [0.1, 0.15) is 5.82 Å². The van der Waals surface area contributed by atoms with Crippen molar-refractivity contribution in [1.82, 2.24) is 9.78 Å². The third kappa shape index (κ3) is 3.28. The lowest BCUT2D eigenvalue weighted by Crippen LogP contribution is -2.53. The molecule has 3 aliphatic rings. The summed E-state index contributed by atoms with van der Waals surface area (Å²) < 4.78 is 29.1. The standard InChI is InChI=1S/C26H33FN2O2/c1-4-7-23-24(8-5-2)31-26(30-23)14-6-9-19-15-22-18(16-25(19,26)3)17-28-29(22)21-12-10-20(27)11-13-21/h10-13,15,17,23-24H,4-9,14,16H2,1-3H3. The first-order chi connectivity index (χ1) is 15.0. The molecule has 166 valence electrons. The van der Waals surface area contributed by atoms with E-state index in [1.54, 1.807) is 12.1 Å². The van der Waals surface area contributed by atoms with Gasteiger partial charge in [-0.1, -0.05) is 39.2 Å². The van der Waals surface area contributed by atoms with Gasteiger partial charge in [-0.2, -0.15) is 5.10 Å². The molecule has 2 aromatic rings. The molecular weight excluding hydrogens is 391 g/mol. The average Bonchev–Trinajstić information content (AvgIpc) is 3.31. The van der Waals surface area contributed by atoms with Gasteiger partial charge in [-0.25, -0.2) is 9.07 Å². The molecule has 2 heterocycles. The molecule has 0 bridgehead atoms. The molecule has 5 heteroatoms. The Morgan fingerprint density at radius 2 is 1.77 bits per heavy atom. The third-order valence-electron chi connectivity index (χ3n) is 7.56. The Kier molecular flexibility index (Phi) is 5.30. The maximum absolute atomic E-state index is 13.4. The molecule has 4 nitrogen and oxygen atoms in total. The van der Waals surface area contributed by atoms with Crippen molar-refractivity contribution in [2.45, 2.75) is 90.1 Å². The highest BCUT2D eigenvalue weighted by molar-refractivity contribution is 5.62. The maximum atomic E-state index is 13.4. The molecule has 0 amide bonds. The van der Waals surface area contributed by atoms with Crippen LogP contribution in [-0.4, -0.2) is 27.8 Å². The van der Waals surface area contributed by atoms with E-state index in [9.17, 15) is 4.39 Å². The summed E-state index contributed by atoms with van der Waals surface area (Å²) in [6, 6.07) is 6.54. The number of ether oxygens (including phenoxy) is 2. The van der Waals surface area contributed by atoms with Gasteiger partial charge in [-0.3, -0.25) is 0 Å². The van der Waals surface area contributed by atoms with Crippen LogP contribution in [0.15, 0.2) is 36.0 Å². The molecule has 3 unspecified atom stereocenters. The molecule has 1 saturated heterocycles. The van der Waals surface area contributed by atoms with Gasteiger partial charge in [-0.05, 0) is 68.0 Å². The van der Waals surface area contributed by atoms with Crippen LogP contribution in [0.5, 0.6) is 0 Å². The highest BCUT2D eigenvalue weighted by Crippen LogP contribution is 2.58. The zero-order valence-corrected chi connectivity index (χ0v) is 18.9. The van der Waals surface area contributed by atoms with Gasteiger partial charge in [0.05, 0.1) is 29.8 Å². The number of hydrogen-bond donors (Lipinski definition) is 0. The first-order valence-electron chi connectivity index (χ1n) is 11.9. The van der Waals surface area contributed by atoms with E-state index >= 15 is 0 Å². The predicted molar refractivity (Wildman–Crippen MR) is 119 cm³/mol. The van der Waals surface area contributed by atoms with Crippen molar-refractivity contribution in [1.29, 1.82) is 0 Å². The smallest absolute Gasteiger partial charge is 0.178 e. The number of aromatic nitrogens is 2. The number of hydrogen-bond acceptors (Lipinski definition) is 3. The second kappa shape index (κ2) is 7.86. The molecule has 0 N–H and O–H groups in total. The second-order valence-electron chi connectivity index (χ2n) is 9.62. The molecule has 1 saturated carbocycles. The topological polar surface area (TPSA) is 36.3 Å². The zero-order valence-electron chi connectivity index (χ0n) is 18.9. The van der Waals surface area contributed by atoms with Crippen LogP contribution in [0.4, 0.5) is 4.39 Å². The lowest BCUT2D eigenvalue weighted by molar-refractivity contribution is -0.248. The molecule has 1 spiro atoms. The summed E-state index contributed by atoms with van der Waals surface area (Å²) in [4.78, 5) is 0. The summed E-state index contributed by atoms with van der Waals surface area (Å²) in [5.41, 5.74) is 4.39. The van der Waals surface area contributed by atoms with Gasteiger partial charge in [0.15, 0.2) is 5.79 Å². The van der Waals surface area contributed by atoms with Crippen molar-refractivity contribution < 1.29 is 13.9 Å². The highest BCUT2D eigenvalue weighted by atomic mass is 19.1. The molecule has 0 radical (unpaired) electrons. The van der Waals surface area contributed by atoms with E-state index in [0.717, 1.165) is 62.7 Å². The molecule has 2 aliphatic carbocycles. The normalized spacial score (nSPS) is 32.1. The first kappa shape index (κ1) is 20.9. The van der Waals surface area contributed by atoms with Crippen LogP contribution < -0.4 is 0 Å². The van der Waals surface area contributed by atoms with Gasteiger partial charge in [0.2, 0.25) is 0 Å². The van der Waals surface area contributed by atoms with E-state index in [4.69, 9.17) is 9.47 Å². The first-order valence-corrected chi connectivity index (χ1v) is 11.9. The average molecular weight is 425 g/mol. The summed E-state index contributed by atoms with van der Waals surface area (Å²) in [7, 11) is 0. The molecule has 3 atom stereocenters. The van der Waals surface area contributed by atoms with Crippen molar-refractivity contribution in [3.05, 3.63) is 53.1 Å². The number of rotatable bonds is 5. The van der Waals surface area contributed by atoms with E-state index in [1.165, 1.54) is 23.3 Å². The molecule has 1 aromatic heterocycles. The van der Waals surface area contributed by atoms with Gasteiger partial charge in [0.25, 0.3) is 0 Å². The fourth-order valence-electron chi connectivity index (χ4n) is 5.91. The molecule has 2 fully saturated rings. The Bertz CT molecular complexity index is 966. The van der Waals surface area contributed by atoms with Crippen molar-refractivity contribution in [3.8, 4) is 5.69 Å². The van der Waals surface area contributed by atoms with Crippen molar-refractivity contribution in [3.63, 3.8) is 0 Å². The van der Waals surface area contributed by atoms with E-state index in [2.05, 4.69) is 31.9 Å². The van der Waals surface area contributed by atoms with Gasteiger partial charge < -0.3 is 9.47 Å². The molecule has 1 aliphatic heterocycles. The largest absolute Gasteiger partial charge is 0.343 e. The van der Waals surface area contributed by atoms with E-state index in [-0.39, 0.29) is 23.4 Å². The highest BCUT2D eigenvalue weighted by Gasteiger charge is 2.61. The maximum Gasteiger partial charge on any atom is 0.178 e. The van der Waals surface area contributed by atoms with Crippen LogP contribution >= 0.6 is 0 Å². The molecule has 31 heavy (non-hydrogen) atoms. The Morgan fingerprint density at radius 1 is 1.10 bits per heavy atom. The van der Waals surface area contributed by atoms with Crippen LogP contribution in [0.1, 0.15) is 77.0 Å². The second-order valence-corrected chi connectivity index (χ2v) is 9.62. The minimum absolute atomic E-state index is 0.185. The Morgan fingerprint density at radius 3 is 2.42 bits per heavy atom. The van der Waals surface area contributed by atoms with Gasteiger partial charge in [0, 0.05) is 11.8 Å². The fraction of sp³-hybridized carbons (Fsp3) is 0.577. The van der Waals surface area contributed by atoms with E-state index < -0.39 is 5.79 Å². The number of benzene rings is 1. The van der Waals surface area contributed by atoms with Crippen LogP contribution in [-0.2, 0) is 15.9 Å². The predicted octanol–water partition coefficient (Wildman–Crippen LogP) is 6.22. The minimum Gasteiger partial charge on any atom is -0.343 e. The van der Waals surface area contributed by atoms with Gasteiger partial charge >= 0.3 is 0 Å². The van der Waals surface area contributed by atoms with Gasteiger partial charge in [-0.15, -0.1) is 0 Å². The zero-order chi connectivity index (χ0) is 21.6. The Balaban J connectivity index is 1.52. The van der Waals surface area contributed by atoms with Crippen LogP contribution in [0.25, 0.3) is 11.8 Å². The van der Waals surface area contributed by atoms with Crippen molar-refractivity contribution in [2.75, 3.05) is 0 Å². The molecule has 1 aromatic carbocycles. The number of halogens is 1. The number of nitrogens with zero attached hydrogens (tertiary/aromatic N) is 2. The Labute approximate surface area is 184 Å². The SMILES string of the molecule is CCCC1OC2(CCCC3=Cc4c(cnn4-c4ccc(F)cc4)CC32C)OC1CCC. The molecule has 5 rings (SSSR count). The summed E-state index contributed by atoms with van der Waals surface area (Å²) in [6.07, 6.45) is 12.9. The van der Waals surface area contributed by atoms with Crippen molar-refractivity contribution >= 4 is 6.08 Å². The third-order valence-corrected chi connectivity index (χ3v) is 7.56. The minimum atomic E-state index is -0.549. The van der Waals surface area contributed by atoms with Crippen molar-refractivity contribution in [2.24, 2.45) is 5.41 Å². The van der Waals surface area contributed by atoms with E-state index in [0.29, 0.717) is 0 Å². The summed E-state index contributed by atoms with van der Waals surface area (Å²) in [5.74, 6) is -0.782. The fourth-order valence-corrected chi connectivity index (χ4v) is 5.91. The monoisotopic (exact) mass is 424 g/mol.